The highest BCUT2D eigenvalue weighted by molar-refractivity contribution is 7.13. The van der Waals surface area contributed by atoms with E-state index < -0.39 is 0 Å². The summed E-state index contributed by atoms with van der Waals surface area (Å²) in [7, 11) is 1.65. The van der Waals surface area contributed by atoms with Gasteiger partial charge in [-0.1, -0.05) is 24.3 Å². The maximum Gasteiger partial charge on any atom is 0.226 e. The molecule has 1 aromatic carbocycles. The second-order valence-corrected chi connectivity index (χ2v) is 6.43. The number of aromatic nitrogens is 2. The van der Waals surface area contributed by atoms with Gasteiger partial charge in [0.15, 0.2) is 5.13 Å². The number of carbonyl (C=O) groups is 1. The Balaban J connectivity index is 1.46. The number of hydrogen-bond acceptors (Lipinski definition) is 6. The summed E-state index contributed by atoms with van der Waals surface area (Å²) in [5.41, 5.74) is 1.81. The van der Waals surface area contributed by atoms with E-state index in [-0.39, 0.29) is 12.3 Å². The van der Waals surface area contributed by atoms with Crippen molar-refractivity contribution in [3.8, 4) is 5.75 Å². The van der Waals surface area contributed by atoms with Gasteiger partial charge in [0, 0.05) is 18.1 Å². The van der Waals surface area contributed by atoms with Crippen molar-refractivity contribution in [1.82, 2.24) is 15.3 Å². The topological polar surface area (TPSA) is 76.1 Å². The van der Waals surface area contributed by atoms with Gasteiger partial charge < -0.3 is 15.4 Å². The Bertz CT molecular complexity index is 852. The highest BCUT2D eigenvalue weighted by Crippen LogP contribution is 2.20. The zero-order chi connectivity index (χ0) is 18.2. The number of hydrogen-bond donors (Lipinski definition) is 2. The molecule has 0 atom stereocenters. The first-order chi connectivity index (χ1) is 12.7. The lowest BCUT2D eigenvalue weighted by atomic mass is 10.1. The number of ether oxygens (including phenoxy) is 1. The molecule has 26 heavy (non-hydrogen) atoms. The first kappa shape index (κ1) is 17.9. The summed E-state index contributed by atoms with van der Waals surface area (Å²) in [6, 6.07) is 13.4. The number of rotatable bonds is 8. The quantitative estimate of drug-likeness (QED) is 0.639. The number of nitrogens with one attached hydrogen (secondary N) is 2. The zero-order valence-electron chi connectivity index (χ0n) is 14.4. The van der Waals surface area contributed by atoms with Crippen molar-refractivity contribution in [1.29, 1.82) is 0 Å². The molecule has 0 fully saturated rings. The van der Waals surface area contributed by atoms with Crippen molar-refractivity contribution < 1.29 is 9.53 Å². The summed E-state index contributed by atoms with van der Waals surface area (Å²) >= 11 is 1.45. The predicted octanol–water partition coefficient (Wildman–Crippen LogP) is 3.19. The van der Waals surface area contributed by atoms with Crippen molar-refractivity contribution >= 4 is 28.2 Å². The van der Waals surface area contributed by atoms with Gasteiger partial charge in [-0.15, -0.1) is 11.3 Å². The van der Waals surface area contributed by atoms with Gasteiger partial charge in [-0.05, 0) is 30.2 Å². The minimum absolute atomic E-state index is 0.0467. The van der Waals surface area contributed by atoms with Crippen LogP contribution < -0.4 is 15.4 Å². The van der Waals surface area contributed by atoms with E-state index in [4.69, 9.17) is 4.74 Å². The molecule has 0 aliphatic rings. The average molecular weight is 368 g/mol. The number of pyridine rings is 1. The van der Waals surface area contributed by atoms with Gasteiger partial charge in [0.25, 0.3) is 0 Å². The van der Waals surface area contributed by atoms with E-state index in [1.807, 2.05) is 47.8 Å². The van der Waals surface area contributed by atoms with Crippen LogP contribution in [0.5, 0.6) is 5.75 Å². The summed E-state index contributed by atoms with van der Waals surface area (Å²) in [5, 5.41) is 8.66. The van der Waals surface area contributed by atoms with Crippen LogP contribution in [-0.4, -0.2) is 29.5 Å². The third kappa shape index (κ3) is 5.03. The van der Waals surface area contributed by atoms with Crippen LogP contribution in [0.2, 0.25) is 0 Å². The average Bonchev–Trinajstić information content (AvgIpc) is 3.09. The minimum atomic E-state index is -0.0467. The van der Waals surface area contributed by atoms with Crippen LogP contribution in [0.4, 0.5) is 10.9 Å². The van der Waals surface area contributed by atoms with E-state index in [1.165, 1.54) is 11.3 Å². The lowest BCUT2D eigenvalue weighted by molar-refractivity contribution is -0.120. The maximum absolute atomic E-state index is 12.1. The Labute approximate surface area is 156 Å². The van der Waals surface area contributed by atoms with Crippen LogP contribution in [0.3, 0.4) is 0 Å². The molecule has 0 aliphatic heterocycles. The van der Waals surface area contributed by atoms with Crippen molar-refractivity contribution in [2.45, 2.75) is 12.8 Å². The van der Waals surface area contributed by atoms with Gasteiger partial charge in [-0.2, -0.15) is 0 Å². The van der Waals surface area contributed by atoms with E-state index in [0.29, 0.717) is 6.54 Å². The minimum Gasteiger partial charge on any atom is -0.496 e. The summed E-state index contributed by atoms with van der Waals surface area (Å²) < 4.78 is 5.32. The Morgan fingerprint density at radius 3 is 2.85 bits per heavy atom. The Kier molecular flexibility index (Phi) is 6.16. The Morgan fingerprint density at radius 1 is 1.19 bits per heavy atom. The molecule has 7 heteroatoms. The van der Waals surface area contributed by atoms with E-state index in [0.717, 1.165) is 34.4 Å². The molecule has 3 rings (SSSR count). The lowest BCUT2D eigenvalue weighted by Gasteiger charge is -2.08. The molecule has 0 radical (unpaired) electrons. The fourth-order valence-electron chi connectivity index (χ4n) is 2.46. The predicted molar refractivity (Wildman–Crippen MR) is 103 cm³/mol. The molecule has 0 saturated carbocycles. The highest BCUT2D eigenvalue weighted by Gasteiger charge is 2.09. The SMILES string of the molecule is COc1ccccc1CCNC(=O)Cc1csc(Nc2ccccn2)n1. The van der Waals surface area contributed by atoms with Crippen LogP contribution in [0.25, 0.3) is 0 Å². The summed E-state index contributed by atoms with van der Waals surface area (Å²) in [5.74, 6) is 1.52. The van der Waals surface area contributed by atoms with Gasteiger partial charge in [0.05, 0.1) is 19.2 Å². The van der Waals surface area contributed by atoms with Crippen molar-refractivity contribution in [3.05, 3.63) is 65.3 Å². The molecule has 2 aromatic heterocycles. The lowest BCUT2D eigenvalue weighted by Crippen LogP contribution is -2.27. The van der Waals surface area contributed by atoms with Gasteiger partial charge in [0.1, 0.15) is 11.6 Å². The van der Waals surface area contributed by atoms with Crippen LogP contribution in [0.1, 0.15) is 11.3 Å². The van der Waals surface area contributed by atoms with Gasteiger partial charge in [-0.3, -0.25) is 4.79 Å². The van der Waals surface area contributed by atoms with E-state index in [2.05, 4.69) is 20.6 Å². The second kappa shape index (κ2) is 8.96. The van der Waals surface area contributed by atoms with Crippen LogP contribution >= 0.6 is 11.3 Å². The van der Waals surface area contributed by atoms with Gasteiger partial charge in [-0.25, -0.2) is 9.97 Å². The number of para-hydroxylation sites is 1. The number of amides is 1. The summed E-state index contributed by atoms with van der Waals surface area (Å²) in [4.78, 5) is 20.7. The fraction of sp³-hybridized carbons (Fsp3) is 0.211. The molecule has 134 valence electrons. The summed E-state index contributed by atoms with van der Waals surface area (Å²) in [6.07, 6.45) is 2.69. The molecule has 6 nitrogen and oxygen atoms in total. The van der Waals surface area contributed by atoms with E-state index in [1.54, 1.807) is 13.3 Å². The van der Waals surface area contributed by atoms with Crippen LogP contribution in [-0.2, 0) is 17.6 Å². The Hall–Kier alpha value is -2.93. The molecule has 0 bridgehead atoms. The molecule has 2 N–H and O–H groups in total. The van der Waals surface area contributed by atoms with Crippen molar-refractivity contribution in [2.75, 3.05) is 19.0 Å². The third-order valence-electron chi connectivity index (χ3n) is 3.70. The number of carbonyl (C=O) groups excluding carboxylic acids is 1. The largest absolute Gasteiger partial charge is 0.496 e. The molecule has 3 aromatic rings. The number of benzene rings is 1. The number of nitrogens with zero attached hydrogens (tertiary/aromatic N) is 2. The highest BCUT2D eigenvalue weighted by atomic mass is 32.1. The molecule has 1 amide bonds. The second-order valence-electron chi connectivity index (χ2n) is 5.57. The van der Waals surface area contributed by atoms with Crippen molar-refractivity contribution in [3.63, 3.8) is 0 Å². The summed E-state index contributed by atoms with van der Waals surface area (Å²) in [6.45, 7) is 0.558. The molecule has 0 spiro atoms. The van der Waals surface area contributed by atoms with Gasteiger partial charge in [0.2, 0.25) is 5.91 Å². The first-order valence-electron chi connectivity index (χ1n) is 8.25. The van der Waals surface area contributed by atoms with Gasteiger partial charge >= 0.3 is 0 Å². The molecule has 0 aliphatic carbocycles. The number of thiazole rings is 1. The zero-order valence-corrected chi connectivity index (χ0v) is 15.3. The maximum atomic E-state index is 12.1. The van der Waals surface area contributed by atoms with E-state index in [9.17, 15) is 4.79 Å². The Morgan fingerprint density at radius 2 is 2.04 bits per heavy atom. The van der Waals surface area contributed by atoms with Crippen LogP contribution in [0, 0.1) is 0 Å². The normalized spacial score (nSPS) is 10.3. The van der Waals surface area contributed by atoms with Crippen LogP contribution in [0.15, 0.2) is 54.0 Å². The first-order valence-corrected chi connectivity index (χ1v) is 9.13. The number of anilines is 2. The molecule has 0 saturated heterocycles. The van der Waals surface area contributed by atoms with Crippen molar-refractivity contribution in [2.24, 2.45) is 0 Å². The standard InChI is InChI=1S/C19H20N4O2S/c1-25-16-7-3-2-6-14(16)9-11-21-18(24)12-15-13-26-19(22-15)23-17-8-4-5-10-20-17/h2-8,10,13H,9,11-12H2,1H3,(H,21,24)(H,20,22,23). The van der Waals surface area contributed by atoms with E-state index >= 15 is 0 Å². The fourth-order valence-corrected chi connectivity index (χ4v) is 3.18. The molecular weight excluding hydrogens is 348 g/mol. The monoisotopic (exact) mass is 368 g/mol. The molecule has 0 unspecified atom stereocenters. The molecule has 2 heterocycles. The number of methoxy groups -OCH3 is 1. The smallest absolute Gasteiger partial charge is 0.226 e. The third-order valence-corrected chi connectivity index (χ3v) is 4.51. The molecular formula is C19H20N4O2S.